The molecule has 6 nitrogen and oxygen atoms in total. The van der Waals surface area contributed by atoms with Crippen LogP contribution in [-0.2, 0) is 16.0 Å². The van der Waals surface area contributed by atoms with Crippen molar-refractivity contribution in [3.63, 3.8) is 0 Å². The van der Waals surface area contributed by atoms with E-state index in [0.29, 0.717) is 30.8 Å². The van der Waals surface area contributed by atoms with Crippen LogP contribution in [0.5, 0.6) is 0 Å². The van der Waals surface area contributed by atoms with Crippen molar-refractivity contribution >= 4 is 11.8 Å². The van der Waals surface area contributed by atoms with E-state index in [1.165, 1.54) is 11.0 Å². The van der Waals surface area contributed by atoms with Crippen LogP contribution in [0.1, 0.15) is 32.3 Å². The summed E-state index contributed by atoms with van der Waals surface area (Å²) < 4.78 is 26.7. The normalized spacial score (nSPS) is 18.5. The number of nitrogens with zero attached hydrogens (tertiary/aromatic N) is 1. The molecule has 154 valence electrons. The van der Waals surface area contributed by atoms with Crippen molar-refractivity contribution in [2.24, 2.45) is 5.73 Å². The highest BCUT2D eigenvalue weighted by Crippen LogP contribution is 2.19. The molecule has 0 saturated carbocycles. The summed E-state index contributed by atoms with van der Waals surface area (Å²) in [5.41, 5.74) is 6.77. The first-order valence-electron chi connectivity index (χ1n) is 9.47. The number of carbonyl (C=O) groups excluding carboxylic acids is 2. The standard InChI is InChI=1S/C20H28F2N4O2/c1-4-24-13(3)17(11-14-7-8-15(21)16(22)10-14)25-19(27)18-6-5-9-26(18)20(28)12(2)23/h7-8,10,12,17-18,24H,3-6,9,11,23H2,1-2H3,(H,25,27)/t12-,17?,18?/m1/s1. The summed E-state index contributed by atoms with van der Waals surface area (Å²) in [7, 11) is 0. The molecule has 1 aromatic rings. The molecule has 0 aliphatic carbocycles. The van der Waals surface area contributed by atoms with Crippen molar-refractivity contribution in [2.45, 2.75) is 51.2 Å². The molecule has 1 aliphatic heterocycles. The third-order valence-electron chi connectivity index (χ3n) is 4.79. The van der Waals surface area contributed by atoms with E-state index < -0.39 is 29.8 Å². The molecule has 2 amide bonds. The van der Waals surface area contributed by atoms with Gasteiger partial charge in [0.15, 0.2) is 11.6 Å². The average molecular weight is 394 g/mol. The summed E-state index contributed by atoms with van der Waals surface area (Å²) in [5, 5.41) is 5.96. The van der Waals surface area contributed by atoms with Gasteiger partial charge >= 0.3 is 0 Å². The minimum atomic E-state index is -0.943. The number of likely N-dealkylation sites (N-methyl/N-ethyl adjacent to an activating group) is 1. The van der Waals surface area contributed by atoms with E-state index in [2.05, 4.69) is 17.2 Å². The molecule has 0 bridgehead atoms. The Balaban J connectivity index is 2.15. The van der Waals surface area contributed by atoms with Crippen molar-refractivity contribution in [1.29, 1.82) is 0 Å². The fraction of sp³-hybridized carbons (Fsp3) is 0.500. The van der Waals surface area contributed by atoms with E-state index in [4.69, 9.17) is 5.73 Å². The number of amides is 2. The fourth-order valence-corrected chi connectivity index (χ4v) is 3.35. The maximum atomic E-state index is 13.5. The Morgan fingerprint density at radius 1 is 1.36 bits per heavy atom. The lowest BCUT2D eigenvalue weighted by molar-refractivity contribution is -0.139. The van der Waals surface area contributed by atoms with Gasteiger partial charge in [0.1, 0.15) is 6.04 Å². The third-order valence-corrected chi connectivity index (χ3v) is 4.79. The number of nitrogens with two attached hydrogens (primary N) is 1. The van der Waals surface area contributed by atoms with Crippen LogP contribution in [-0.4, -0.2) is 47.9 Å². The molecular weight excluding hydrogens is 366 g/mol. The first-order chi connectivity index (χ1) is 13.2. The van der Waals surface area contributed by atoms with Crippen molar-refractivity contribution in [2.75, 3.05) is 13.1 Å². The maximum Gasteiger partial charge on any atom is 0.243 e. The molecule has 2 unspecified atom stereocenters. The molecule has 1 saturated heterocycles. The van der Waals surface area contributed by atoms with E-state index in [1.54, 1.807) is 6.92 Å². The number of benzene rings is 1. The molecule has 8 heteroatoms. The van der Waals surface area contributed by atoms with Gasteiger partial charge in [0.25, 0.3) is 0 Å². The topological polar surface area (TPSA) is 87.5 Å². The van der Waals surface area contributed by atoms with Crippen LogP contribution in [0.25, 0.3) is 0 Å². The van der Waals surface area contributed by atoms with Gasteiger partial charge in [-0.3, -0.25) is 9.59 Å². The Hall–Kier alpha value is -2.48. The van der Waals surface area contributed by atoms with Gasteiger partial charge in [-0.1, -0.05) is 12.6 Å². The second kappa shape index (κ2) is 9.64. The molecule has 4 N–H and O–H groups in total. The Morgan fingerprint density at radius 3 is 2.68 bits per heavy atom. The molecule has 1 heterocycles. The summed E-state index contributed by atoms with van der Waals surface area (Å²) in [6, 6.07) is 1.82. The van der Waals surface area contributed by atoms with Gasteiger partial charge in [0, 0.05) is 18.8 Å². The van der Waals surface area contributed by atoms with E-state index in [0.717, 1.165) is 18.6 Å². The van der Waals surface area contributed by atoms with Crippen LogP contribution in [0.15, 0.2) is 30.5 Å². The second-order valence-corrected chi connectivity index (χ2v) is 7.05. The number of hydrogen-bond acceptors (Lipinski definition) is 4. The smallest absolute Gasteiger partial charge is 0.243 e. The minimum Gasteiger partial charge on any atom is -0.387 e. The summed E-state index contributed by atoms with van der Waals surface area (Å²) in [4.78, 5) is 26.6. The number of likely N-dealkylation sites (tertiary alicyclic amines) is 1. The van der Waals surface area contributed by atoms with Crippen molar-refractivity contribution in [3.05, 3.63) is 47.7 Å². The average Bonchev–Trinajstić information content (AvgIpc) is 3.13. The molecule has 1 fully saturated rings. The van der Waals surface area contributed by atoms with E-state index in [-0.39, 0.29) is 18.2 Å². The number of carbonyl (C=O) groups is 2. The van der Waals surface area contributed by atoms with Crippen LogP contribution < -0.4 is 16.4 Å². The van der Waals surface area contributed by atoms with Gasteiger partial charge in [-0.05, 0) is 50.8 Å². The van der Waals surface area contributed by atoms with Crippen LogP contribution in [0.2, 0.25) is 0 Å². The highest BCUT2D eigenvalue weighted by atomic mass is 19.2. The van der Waals surface area contributed by atoms with Gasteiger partial charge < -0.3 is 21.3 Å². The first kappa shape index (κ1) is 21.8. The predicted molar refractivity (Wildman–Crippen MR) is 103 cm³/mol. The highest BCUT2D eigenvalue weighted by molar-refractivity contribution is 5.90. The zero-order valence-electron chi connectivity index (χ0n) is 16.3. The maximum absolute atomic E-state index is 13.5. The molecule has 28 heavy (non-hydrogen) atoms. The molecule has 0 spiro atoms. The number of nitrogens with one attached hydrogen (secondary N) is 2. The zero-order valence-corrected chi connectivity index (χ0v) is 16.3. The molecule has 1 aliphatic rings. The first-order valence-corrected chi connectivity index (χ1v) is 9.47. The lowest BCUT2D eigenvalue weighted by Gasteiger charge is -2.28. The van der Waals surface area contributed by atoms with Crippen LogP contribution in [0.3, 0.4) is 0 Å². The fourth-order valence-electron chi connectivity index (χ4n) is 3.35. The Labute approximate surface area is 164 Å². The Kier molecular flexibility index (Phi) is 7.51. The third kappa shape index (κ3) is 5.28. The van der Waals surface area contributed by atoms with Gasteiger partial charge in [0.05, 0.1) is 12.1 Å². The summed E-state index contributed by atoms with van der Waals surface area (Å²) >= 11 is 0. The number of halogens is 2. The quantitative estimate of drug-likeness (QED) is 0.623. The lowest BCUT2D eigenvalue weighted by atomic mass is 10.0. The van der Waals surface area contributed by atoms with Crippen LogP contribution in [0.4, 0.5) is 8.78 Å². The number of rotatable bonds is 8. The predicted octanol–water partition coefficient (Wildman–Crippen LogP) is 1.45. The molecule has 2 rings (SSSR count). The summed E-state index contributed by atoms with van der Waals surface area (Å²) in [6.45, 7) is 8.52. The lowest BCUT2D eigenvalue weighted by Crippen LogP contribution is -2.53. The van der Waals surface area contributed by atoms with Gasteiger partial charge in [0.2, 0.25) is 11.8 Å². The monoisotopic (exact) mass is 394 g/mol. The van der Waals surface area contributed by atoms with Crippen molar-refractivity contribution < 1.29 is 18.4 Å². The Bertz CT molecular complexity index is 739. The molecule has 3 atom stereocenters. The SMILES string of the molecule is C=C(NCC)C(Cc1ccc(F)c(F)c1)NC(=O)C1CCCN1C(=O)[C@@H](C)N. The van der Waals surface area contributed by atoms with Gasteiger partial charge in [-0.2, -0.15) is 0 Å². The second-order valence-electron chi connectivity index (χ2n) is 7.05. The molecular formula is C20H28F2N4O2. The minimum absolute atomic E-state index is 0.239. The summed E-state index contributed by atoms with van der Waals surface area (Å²) in [6.07, 6.45) is 1.51. The molecule has 1 aromatic carbocycles. The van der Waals surface area contributed by atoms with E-state index in [9.17, 15) is 18.4 Å². The Morgan fingerprint density at radius 2 is 2.07 bits per heavy atom. The van der Waals surface area contributed by atoms with Crippen molar-refractivity contribution in [1.82, 2.24) is 15.5 Å². The van der Waals surface area contributed by atoms with Crippen molar-refractivity contribution in [3.8, 4) is 0 Å². The largest absolute Gasteiger partial charge is 0.387 e. The summed E-state index contributed by atoms with van der Waals surface area (Å²) in [5.74, 6) is -2.44. The van der Waals surface area contributed by atoms with E-state index >= 15 is 0 Å². The highest BCUT2D eigenvalue weighted by Gasteiger charge is 2.36. The van der Waals surface area contributed by atoms with Crippen LogP contribution in [0, 0.1) is 11.6 Å². The zero-order chi connectivity index (χ0) is 20.8. The number of hydrogen-bond donors (Lipinski definition) is 3. The molecule has 0 aromatic heterocycles. The molecule has 0 radical (unpaired) electrons. The van der Waals surface area contributed by atoms with E-state index in [1.807, 2.05) is 6.92 Å². The van der Waals surface area contributed by atoms with Crippen LogP contribution >= 0.6 is 0 Å². The van der Waals surface area contributed by atoms with Gasteiger partial charge in [-0.15, -0.1) is 0 Å². The van der Waals surface area contributed by atoms with Gasteiger partial charge in [-0.25, -0.2) is 8.78 Å².